The summed E-state index contributed by atoms with van der Waals surface area (Å²) >= 11 is 0. The number of piperidine rings is 1. The molecule has 3 rings (SSSR count). The van der Waals surface area contributed by atoms with Crippen LogP contribution in [0, 0.1) is 0 Å². The highest BCUT2D eigenvalue weighted by atomic mass is 16.5. The standard InChI is InChI=1S/C18H28N2O/c1-3-11-20(15-5-4-10-19-13-15)18-9-7-14-6-8-16(21-2)12-17(14)18/h6,8,12,15,18-19H,3-5,7,9-11,13H2,1-2H3. The van der Waals surface area contributed by atoms with E-state index in [4.69, 9.17) is 4.74 Å². The molecule has 0 spiro atoms. The molecule has 3 heteroatoms. The van der Waals surface area contributed by atoms with Crippen molar-refractivity contribution >= 4 is 0 Å². The van der Waals surface area contributed by atoms with Gasteiger partial charge in [-0.05, 0) is 68.5 Å². The zero-order chi connectivity index (χ0) is 14.7. The van der Waals surface area contributed by atoms with Crippen molar-refractivity contribution in [2.24, 2.45) is 0 Å². The smallest absolute Gasteiger partial charge is 0.119 e. The molecule has 1 aliphatic carbocycles. The molecule has 0 saturated carbocycles. The first-order valence-corrected chi connectivity index (χ1v) is 8.46. The number of benzene rings is 1. The van der Waals surface area contributed by atoms with Crippen LogP contribution in [0.15, 0.2) is 18.2 Å². The van der Waals surface area contributed by atoms with Crippen LogP contribution in [-0.2, 0) is 6.42 Å². The van der Waals surface area contributed by atoms with Gasteiger partial charge in [0.2, 0.25) is 0 Å². The summed E-state index contributed by atoms with van der Waals surface area (Å²) in [6.45, 7) is 5.83. The Labute approximate surface area is 128 Å². The topological polar surface area (TPSA) is 24.5 Å². The van der Waals surface area contributed by atoms with E-state index in [0.717, 1.165) is 12.3 Å². The minimum Gasteiger partial charge on any atom is -0.497 e. The highest BCUT2D eigenvalue weighted by molar-refractivity contribution is 5.41. The molecule has 0 aromatic heterocycles. The van der Waals surface area contributed by atoms with Crippen LogP contribution in [0.4, 0.5) is 0 Å². The summed E-state index contributed by atoms with van der Waals surface area (Å²) in [7, 11) is 1.76. The largest absolute Gasteiger partial charge is 0.497 e. The molecule has 2 unspecified atom stereocenters. The van der Waals surface area contributed by atoms with Crippen LogP contribution in [0.5, 0.6) is 5.75 Å². The molecule has 1 heterocycles. The summed E-state index contributed by atoms with van der Waals surface area (Å²) in [6.07, 6.45) is 6.35. The summed E-state index contributed by atoms with van der Waals surface area (Å²) in [5, 5.41) is 3.58. The van der Waals surface area contributed by atoms with Crippen molar-refractivity contribution < 1.29 is 4.74 Å². The first-order valence-electron chi connectivity index (χ1n) is 8.46. The maximum atomic E-state index is 5.44. The van der Waals surface area contributed by atoms with Gasteiger partial charge in [-0.15, -0.1) is 0 Å². The minimum absolute atomic E-state index is 0.583. The molecule has 1 aromatic rings. The molecular formula is C18H28N2O. The van der Waals surface area contributed by atoms with Gasteiger partial charge in [0.05, 0.1) is 7.11 Å². The molecule has 1 N–H and O–H groups in total. The van der Waals surface area contributed by atoms with Gasteiger partial charge in [0, 0.05) is 18.6 Å². The van der Waals surface area contributed by atoms with Gasteiger partial charge < -0.3 is 10.1 Å². The molecule has 2 atom stereocenters. The monoisotopic (exact) mass is 288 g/mol. The van der Waals surface area contributed by atoms with Crippen molar-refractivity contribution in [1.29, 1.82) is 0 Å². The van der Waals surface area contributed by atoms with Crippen LogP contribution in [-0.4, -0.2) is 37.7 Å². The zero-order valence-corrected chi connectivity index (χ0v) is 13.4. The molecule has 1 aliphatic heterocycles. The zero-order valence-electron chi connectivity index (χ0n) is 13.4. The number of fused-ring (bicyclic) bond motifs is 1. The number of hydrogen-bond donors (Lipinski definition) is 1. The van der Waals surface area contributed by atoms with Crippen LogP contribution >= 0.6 is 0 Å². The van der Waals surface area contributed by atoms with Crippen molar-refractivity contribution in [3.8, 4) is 5.75 Å². The van der Waals surface area contributed by atoms with Crippen molar-refractivity contribution in [1.82, 2.24) is 10.2 Å². The van der Waals surface area contributed by atoms with Crippen LogP contribution in [0.1, 0.15) is 49.8 Å². The first kappa shape index (κ1) is 14.9. The lowest BCUT2D eigenvalue weighted by molar-refractivity contribution is 0.111. The molecule has 1 saturated heterocycles. The Morgan fingerprint density at radius 1 is 1.33 bits per heavy atom. The van der Waals surface area contributed by atoms with Crippen molar-refractivity contribution in [3.63, 3.8) is 0 Å². The lowest BCUT2D eigenvalue weighted by atomic mass is 9.99. The van der Waals surface area contributed by atoms with Crippen molar-refractivity contribution in [2.75, 3.05) is 26.7 Å². The second-order valence-corrected chi connectivity index (χ2v) is 6.36. The Morgan fingerprint density at radius 2 is 2.24 bits per heavy atom. The number of aryl methyl sites for hydroxylation is 1. The average molecular weight is 288 g/mol. The van der Waals surface area contributed by atoms with E-state index >= 15 is 0 Å². The van der Waals surface area contributed by atoms with E-state index < -0.39 is 0 Å². The van der Waals surface area contributed by atoms with Gasteiger partial charge in [-0.3, -0.25) is 4.90 Å². The predicted molar refractivity (Wildman–Crippen MR) is 86.9 cm³/mol. The van der Waals surface area contributed by atoms with E-state index in [1.165, 1.54) is 56.3 Å². The molecule has 2 aliphatic rings. The van der Waals surface area contributed by atoms with Crippen molar-refractivity contribution in [3.05, 3.63) is 29.3 Å². The SMILES string of the molecule is CCCN(C1CCCNC1)C1CCc2ccc(OC)cc21. The Hall–Kier alpha value is -1.06. The van der Waals surface area contributed by atoms with E-state index in [1.807, 2.05) is 0 Å². The molecule has 1 fully saturated rings. The van der Waals surface area contributed by atoms with Gasteiger partial charge in [-0.1, -0.05) is 13.0 Å². The quantitative estimate of drug-likeness (QED) is 0.901. The lowest BCUT2D eigenvalue weighted by Gasteiger charge is -2.39. The number of methoxy groups -OCH3 is 1. The second-order valence-electron chi connectivity index (χ2n) is 6.36. The maximum absolute atomic E-state index is 5.44. The number of ether oxygens (including phenoxy) is 1. The van der Waals surface area contributed by atoms with Crippen LogP contribution < -0.4 is 10.1 Å². The van der Waals surface area contributed by atoms with Crippen molar-refractivity contribution in [2.45, 2.75) is 51.1 Å². The molecule has 116 valence electrons. The van der Waals surface area contributed by atoms with Gasteiger partial charge >= 0.3 is 0 Å². The molecule has 0 radical (unpaired) electrons. The summed E-state index contributed by atoms with van der Waals surface area (Å²) in [5.41, 5.74) is 3.03. The summed E-state index contributed by atoms with van der Waals surface area (Å²) in [5.74, 6) is 0.999. The van der Waals surface area contributed by atoms with E-state index in [9.17, 15) is 0 Å². The van der Waals surface area contributed by atoms with Gasteiger partial charge in [0.1, 0.15) is 5.75 Å². The van der Waals surface area contributed by atoms with Gasteiger partial charge in [-0.25, -0.2) is 0 Å². The van der Waals surface area contributed by atoms with E-state index in [0.29, 0.717) is 12.1 Å². The fourth-order valence-corrected chi connectivity index (χ4v) is 4.00. The summed E-state index contributed by atoms with van der Waals surface area (Å²) in [6, 6.07) is 7.91. The lowest BCUT2D eigenvalue weighted by Crippen LogP contribution is -2.47. The van der Waals surface area contributed by atoms with E-state index in [-0.39, 0.29) is 0 Å². The third-order valence-corrected chi connectivity index (χ3v) is 5.02. The highest BCUT2D eigenvalue weighted by Gasteiger charge is 2.32. The van der Waals surface area contributed by atoms with E-state index in [1.54, 1.807) is 7.11 Å². The van der Waals surface area contributed by atoms with Gasteiger partial charge in [0.25, 0.3) is 0 Å². The molecule has 0 bridgehead atoms. The Kier molecular flexibility index (Phi) is 4.81. The summed E-state index contributed by atoms with van der Waals surface area (Å²) in [4.78, 5) is 2.76. The van der Waals surface area contributed by atoms with Gasteiger partial charge in [-0.2, -0.15) is 0 Å². The second kappa shape index (κ2) is 6.80. The summed E-state index contributed by atoms with van der Waals surface area (Å²) < 4.78 is 5.44. The Balaban J connectivity index is 1.84. The van der Waals surface area contributed by atoms with Crippen LogP contribution in [0.25, 0.3) is 0 Å². The highest BCUT2D eigenvalue weighted by Crippen LogP contribution is 2.39. The van der Waals surface area contributed by atoms with Crippen LogP contribution in [0.3, 0.4) is 0 Å². The predicted octanol–water partition coefficient (Wildman–Crippen LogP) is 3.15. The molecule has 21 heavy (non-hydrogen) atoms. The molecule has 0 amide bonds. The molecule has 3 nitrogen and oxygen atoms in total. The fourth-order valence-electron chi connectivity index (χ4n) is 4.00. The average Bonchev–Trinajstić information content (AvgIpc) is 2.96. The fraction of sp³-hybridized carbons (Fsp3) is 0.667. The molecule has 1 aromatic carbocycles. The number of nitrogens with zero attached hydrogens (tertiary/aromatic N) is 1. The van der Waals surface area contributed by atoms with E-state index in [2.05, 4.69) is 35.3 Å². The molecular weight excluding hydrogens is 260 g/mol. The normalized spacial score (nSPS) is 25.1. The van der Waals surface area contributed by atoms with Gasteiger partial charge in [0.15, 0.2) is 0 Å². The minimum atomic E-state index is 0.583. The van der Waals surface area contributed by atoms with Crippen LogP contribution in [0.2, 0.25) is 0 Å². The first-order chi connectivity index (χ1) is 10.3. The third-order valence-electron chi connectivity index (χ3n) is 5.02. The Bertz CT molecular complexity index is 468. The number of rotatable bonds is 5. The Morgan fingerprint density at radius 3 is 2.95 bits per heavy atom. The third kappa shape index (κ3) is 3.09. The number of hydrogen-bond acceptors (Lipinski definition) is 3. The maximum Gasteiger partial charge on any atom is 0.119 e. The number of nitrogens with one attached hydrogen (secondary N) is 1.